The standard InChI is InChI=1S/C26H27N3O2S/c1-17-5-7-18(8-6-17)24(31)29-25(32)28-22-15-13-21(14-16-22)27-23(30)19-9-11-20(12-10-19)26(2,3)4/h5-16H,1-4H3,(H,27,30)(H2,28,29,31,32). The minimum absolute atomic E-state index is 0.0397. The minimum Gasteiger partial charge on any atom is -0.332 e. The van der Waals surface area contributed by atoms with Crippen molar-refractivity contribution in [2.24, 2.45) is 0 Å². The van der Waals surface area contributed by atoms with Gasteiger partial charge in [-0.1, -0.05) is 50.6 Å². The van der Waals surface area contributed by atoms with Gasteiger partial charge in [0.1, 0.15) is 0 Å². The molecule has 0 aliphatic carbocycles. The molecule has 3 aromatic carbocycles. The Hall–Kier alpha value is -3.51. The van der Waals surface area contributed by atoms with Gasteiger partial charge in [-0.2, -0.15) is 0 Å². The molecule has 0 aromatic heterocycles. The average molecular weight is 446 g/mol. The van der Waals surface area contributed by atoms with Gasteiger partial charge in [0.15, 0.2) is 5.11 Å². The molecule has 32 heavy (non-hydrogen) atoms. The SMILES string of the molecule is Cc1ccc(C(=O)NC(=S)Nc2ccc(NC(=O)c3ccc(C(C)(C)C)cc3)cc2)cc1. The normalized spacial score (nSPS) is 10.9. The molecule has 2 amide bonds. The van der Waals surface area contributed by atoms with Crippen molar-refractivity contribution in [3.63, 3.8) is 0 Å². The molecule has 5 nitrogen and oxygen atoms in total. The molecule has 164 valence electrons. The van der Waals surface area contributed by atoms with Crippen molar-refractivity contribution >= 4 is 40.5 Å². The first kappa shape index (κ1) is 23.2. The van der Waals surface area contributed by atoms with Gasteiger partial charge in [-0.25, -0.2) is 0 Å². The first-order valence-corrected chi connectivity index (χ1v) is 10.7. The number of aryl methyl sites for hydroxylation is 1. The Morgan fingerprint density at radius 3 is 1.69 bits per heavy atom. The highest BCUT2D eigenvalue weighted by atomic mass is 32.1. The van der Waals surface area contributed by atoms with E-state index >= 15 is 0 Å². The first-order valence-electron chi connectivity index (χ1n) is 10.3. The van der Waals surface area contributed by atoms with Crippen LogP contribution in [0.15, 0.2) is 72.8 Å². The van der Waals surface area contributed by atoms with Crippen molar-refractivity contribution in [2.75, 3.05) is 10.6 Å². The summed E-state index contributed by atoms with van der Waals surface area (Å²) >= 11 is 5.23. The quantitative estimate of drug-likeness (QED) is 0.453. The van der Waals surface area contributed by atoms with Crippen LogP contribution in [0.2, 0.25) is 0 Å². The molecular weight excluding hydrogens is 418 g/mol. The largest absolute Gasteiger partial charge is 0.332 e. The fraction of sp³-hybridized carbons (Fsp3) is 0.192. The monoisotopic (exact) mass is 445 g/mol. The fourth-order valence-corrected chi connectivity index (χ4v) is 3.21. The minimum atomic E-state index is -0.274. The predicted octanol–water partition coefficient (Wildman–Crippen LogP) is 5.67. The third-order valence-corrected chi connectivity index (χ3v) is 5.16. The van der Waals surface area contributed by atoms with Crippen molar-refractivity contribution < 1.29 is 9.59 Å². The van der Waals surface area contributed by atoms with Crippen LogP contribution >= 0.6 is 12.2 Å². The molecule has 0 atom stereocenters. The maximum absolute atomic E-state index is 12.5. The predicted molar refractivity (Wildman–Crippen MR) is 134 cm³/mol. The Balaban J connectivity index is 1.55. The Labute approximate surface area is 194 Å². The number of nitrogens with one attached hydrogen (secondary N) is 3. The van der Waals surface area contributed by atoms with Crippen LogP contribution in [0, 0.1) is 6.92 Å². The molecule has 0 aliphatic rings. The lowest BCUT2D eigenvalue weighted by Crippen LogP contribution is -2.34. The molecule has 3 rings (SSSR count). The number of carbonyl (C=O) groups is 2. The smallest absolute Gasteiger partial charge is 0.257 e. The average Bonchev–Trinajstić information content (AvgIpc) is 2.75. The summed E-state index contributed by atoms with van der Waals surface area (Å²) in [4.78, 5) is 24.8. The lowest BCUT2D eigenvalue weighted by molar-refractivity contribution is 0.0976. The van der Waals surface area contributed by atoms with Gasteiger partial charge < -0.3 is 10.6 Å². The lowest BCUT2D eigenvalue weighted by Gasteiger charge is -2.19. The highest BCUT2D eigenvalue weighted by Gasteiger charge is 2.14. The van der Waals surface area contributed by atoms with Gasteiger partial charge in [0.05, 0.1) is 0 Å². The van der Waals surface area contributed by atoms with E-state index in [1.54, 1.807) is 36.4 Å². The van der Waals surface area contributed by atoms with Crippen molar-refractivity contribution in [3.8, 4) is 0 Å². The van der Waals surface area contributed by atoms with Crippen molar-refractivity contribution in [1.29, 1.82) is 0 Å². The second kappa shape index (κ2) is 9.75. The van der Waals surface area contributed by atoms with Crippen molar-refractivity contribution in [1.82, 2.24) is 5.32 Å². The van der Waals surface area contributed by atoms with Gasteiger partial charge in [-0.05, 0) is 78.7 Å². The van der Waals surface area contributed by atoms with Crippen LogP contribution in [0.1, 0.15) is 52.6 Å². The number of anilines is 2. The topological polar surface area (TPSA) is 70.2 Å². The Morgan fingerprint density at radius 2 is 1.16 bits per heavy atom. The summed E-state index contributed by atoms with van der Waals surface area (Å²) < 4.78 is 0. The summed E-state index contributed by atoms with van der Waals surface area (Å²) in [5.74, 6) is -0.448. The maximum atomic E-state index is 12.5. The molecular formula is C26H27N3O2S. The molecule has 0 unspecified atom stereocenters. The van der Waals surface area contributed by atoms with Gasteiger partial charge in [-0.3, -0.25) is 14.9 Å². The zero-order valence-electron chi connectivity index (χ0n) is 18.7. The molecule has 0 fully saturated rings. The van der Waals surface area contributed by atoms with Crippen LogP contribution in [0.3, 0.4) is 0 Å². The van der Waals surface area contributed by atoms with E-state index in [4.69, 9.17) is 12.2 Å². The molecule has 0 saturated heterocycles. The van der Waals surface area contributed by atoms with E-state index in [9.17, 15) is 9.59 Å². The van der Waals surface area contributed by atoms with Crippen LogP contribution in [-0.4, -0.2) is 16.9 Å². The third kappa shape index (κ3) is 6.25. The van der Waals surface area contributed by atoms with Crippen LogP contribution in [-0.2, 0) is 5.41 Å². The second-order valence-electron chi connectivity index (χ2n) is 8.63. The van der Waals surface area contributed by atoms with Crippen molar-refractivity contribution in [2.45, 2.75) is 33.1 Å². The van der Waals surface area contributed by atoms with Crippen LogP contribution in [0.5, 0.6) is 0 Å². The van der Waals surface area contributed by atoms with E-state index in [0.717, 1.165) is 5.56 Å². The highest BCUT2D eigenvalue weighted by molar-refractivity contribution is 7.80. The zero-order chi connectivity index (χ0) is 23.3. The van der Waals surface area contributed by atoms with Gasteiger partial charge in [0.2, 0.25) is 0 Å². The molecule has 0 aliphatic heterocycles. The number of carbonyl (C=O) groups excluding carboxylic acids is 2. The summed E-state index contributed by atoms with van der Waals surface area (Å²) in [6.45, 7) is 8.37. The number of rotatable bonds is 4. The number of hydrogen-bond donors (Lipinski definition) is 3. The third-order valence-electron chi connectivity index (χ3n) is 4.95. The second-order valence-corrected chi connectivity index (χ2v) is 9.04. The molecule has 0 saturated carbocycles. The van der Waals surface area contributed by atoms with Gasteiger partial charge in [0, 0.05) is 22.5 Å². The fourth-order valence-electron chi connectivity index (χ4n) is 3.00. The lowest BCUT2D eigenvalue weighted by atomic mass is 9.87. The first-order chi connectivity index (χ1) is 15.1. The Bertz CT molecular complexity index is 1110. The number of amides is 2. The molecule has 6 heteroatoms. The molecule has 0 heterocycles. The molecule has 3 aromatic rings. The van der Waals surface area contributed by atoms with E-state index in [-0.39, 0.29) is 22.3 Å². The highest BCUT2D eigenvalue weighted by Crippen LogP contribution is 2.22. The van der Waals surface area contributed by atoms with Crippen molar-refractivity contribution in [3.05, 3.63) is 95.1 Å². The van der Waals surface area contributed by atoms with Crippen LogP contribution in [0.4, 0.5) is 11.4 Å². The number of thiocarbonyl (C=S) groups is 1. The summed E-state index contributed by atoms with van der Waals surface area (Å²) in [7, 11) is 0. The van der Waals surface area contributed by atoms with Crippen LogP contribution in [0.25, 0.3) is 0 Å². The molecule has 0 bridgehead atoms. The van der Waals surface area contributed by atoms with E-state index in [1.807, 2.05) is 43.3 Å². The zero-order valence-corrected chi connectivity index (χ0v) is 19.5. The van der Waals surface area contributed by atoms with E-state index in [1.165, 1.54) is 5.56 Å². The molecule has 3 N–H and O–H groups in total. The van der Waals surface area contributed by atoms with Gasteiger partial charge in [-0.15, -0.1) is 0 Å². The number of benzene rings is 3. The van der Waals surface area contributed by atoms with Crippen LogP contribution < -0.4 is 16.0 Å². The van der Waals surface area contributed by atoms with Gasteiger partial charge >= 0.3 is 0 Å². The summed E-state index contributed by atoms with van der Waals surface area (Å²) in [6, 6.07) is 22.0. The molecule has 0 radical (unpaired) electrons. The summed E-state index contributed by atoms with van der Waals surface area (Å²) in [5, 5.41) is 8.72. The Morgan fingerprint density at radius 1 is 0.688 bits per heavy atom. The number of hydrogen-bond acceptors (Lipinski definition) is 3. The van der Waals surface area contributed by atoms with E-state index in [2.05, 4.69) is 36.7 Å². The van der Waals surface area contributed by atoms with E-state index < -0.39 is 0 Å². The van der Waals surface area contributed by atoms with E-state index in [0.29, 0.717) is 22.5 Å². The molecule has 0 spiro atoms. The Kier molecular flexibility index (Phi) is 7.05. The summed E-state index contributed by atoms with van der Waals surface area (Å²) in [6.07, 6.45) is 0. The maximum Gasteiger partial charge on any atom is 0.257 e. The summed E-state index contributed by atoms with van der Waals surface area (Å²) in [5.41, 5.74) is 4.79. The van der Waals surface area contributed by atoms with Gasteiger partial charge in [0.25, 0.3) is 11.8 Å².